The molecule has 5 aliphatic rings. The number of ether oxygens (including phenoxy) is 1. The Bertz CT molecular complexity index is 1940. The topological polar surface area (TPSA) is 168 Å². The van der Waals surface area contributed by atoms with E-state index in [4.69, 9.17) is 9.15 Å². The predicted molar refractivity (Wildman–Crippen MR) is 202 cm³/mol. The summed E-state index contributed by atoms with van der Waals surface area (Å²) in [5.41, 5.74) is 1.12. The number of carboxylic acid groups (broad SMARTS) is 1. The van der Waals surface area contributed by atoms with Crippen molar-refractivity contribution in [1.82, 2.24) is 15.2 Å². The van der Waals surface area contributed by atoms with E-state index in [0.29, 0.717) is 29.5 Å². The van der Waals surface area contributed by atoms with Gasteiger partial charge in [0, 0.05) is 18.0 Å². The number of hydrogen-bond donors (Lipinski definition) is 2. The van der Waals surface area contributed by atoms with Gasteiger partial charge in [0.1, 0.15) is 17.9 Å². The Morgan fingerprint density at radius 3 is 2.41 bits per heavy atom. The van der Waals surface area contributed by atoms with Gasteiger partial charge in [-0.05, 0) is 128 Å². The molecule has 11 heteroatoms. The molecule has 54 heavy (non-hydrogen) atoms. The molecule has 5 aliphatic carbocycles. The number of nitrogens with one attached hydrogen (secondary N) is 1. The number of carbonyl (C=O) groups is 3. The number of aromatic nitrogens is 3. The second-order valence-electron chi connectivity index (χ2n) is 19.6. The molecule has 0 amide bonds. The van der Waals surface area contributed by atoms with Crippen LogP contribution in [0.5, 0.6) is 0 Å². The van der Waals surface area contributed by atoms with Gasteiger partial charge >= 0.3 is 18.0 Å². The summed E-state index contributed by atoms with van der Waals surface area (Å²) in [4.78, 5) is 43.2. The van der Waals surface area contributed by atoms with Gasteiger partial charge in [-0.2, -0.15) is 5.26 Å². The Balaban J connectivity index is 1.17. The summed E-state index contributed by atoms with van der Waals surface area (Å²) in [7, 11) is 0. The Kier molecular flexibility index (Phi) is 9.02. The zero-order valence-electron chi connectivity index (χ0n) is 33.5. The number of allylic oxidation sites excluding steroid dienone is 1. The van der Waals surface area contributed by atoms with Crippen LogP contribution in [0, 0.1) is 62.1 Å². The third-order valence-corrected chi connectivity index (χ3v) is 15.7. The van der Waals surface area contributed by atoms with Crippen molar-refractivity contribution in [2.45, 2.75) is 138 Å². The predicted octanol–water partition coefficient (Wildman–Crippen LogP) is 8.56. The van der Waals surface area contributed by atoms with Gasteiger partial charge in [0.2, 0.25) is 0 Å². The maximum absolute atomic E-state index is 14.1. The van der Waals surface area contributed by atoms with Crippen LogP contribution in [0.25, 0.3) is 11.6 Å². The lowest BCUT2D eigenvalue weighted by molar-refractivity contribution is -0.231. The Labute approximate surface area is 319 Å². The fraction of sp³-hybridized carbons (Fsp3) is 0.698. The van der Waals surface area contributed by atoms with Crippen molar-refractivity contribution in [1.29, 1.82) is 5.26 Å². The van der Waals surface area contributed by atoms with Gasteiger partial charge in [-0.15, -0.1) is 5.10 Å². The van der Waals surface area contributed by atoms with Gasteiger partial charge < -0.3 is 19.6 Å². The van der Waals surface area contributed by atoms with E-state index in [0.717, 1.165) is 56.9 Å². The van der Waals surface area contributed by atoms with E-state index in [1.807, 2.05) is 0 Å². The number of carbonyl (C=O) groups excluding carboxylic acids is 2. The lowest BCUT2D eigenvalue weighted by Gasteiger charge is -2.72. The summed E-state index contributed by atoms with van der Waals surface area (Å²) in [6.07, 6.45) is 9.05. The number of nitrogens with zero attached hydrogens (tertiary/aromatic N) is 4. The monoisotopic (exact) mass is 739 g/mol. The van der Waals surface area contributed by atoms with Crippen LogP contribution >= 0.6 is 0 Å². The summed E-state index contributed by atoms with van der Waals surface area (Å²) in [5, 5.41) is 31.1. The summed E-state index contributed by atoms with van der Waals surface area (Å²) < 4.78 is 12.3. The molecule has 0 saturated heterocycles. The van der Waals surface area contributed by atoms with E-state index >= 15 is 0 Å². The molecule has 11 nitrogen and oxygen atoms in total. The average molecular weight is 740 g/mol. The number of ketones is 1. The molecule has 2 aromatic rings. The molecular weight excluding hydrogens is 683 g/mol. The van der Waals surface area contributed by atoms with Crippen molar-refractivity contribution in [3.63, 3.8) is 0 Å². The molecule has 0 aromatic carbocycles. The highest BCUT2D eigenvalue weighted by Crippen LogP contribution is 2.76. The van der Waals surface area contributed by atoms with Crippen LogP contribution in [0.3, 0.4) is 0 Å². The lowest BCUT2D eigenvalue weighted by atomic mass is 9.33. The van der Waals surface area contributed by atoms with E-state index in [1.54, 1.807) is 26.0 Å². The van der Waals surface area contributed by atoms with Gasteiger partial charge in [-0.25, -0.2) is 4.98 Å². The molecule has 0 radical (unpaired) electrons. The minimum atomic E-state index is -1.18. The van der Waals surface area contributed by atoms with E-state index in [-0.39, 0.29) is 63.7 Å². The average Bonchev–Trinajstić information content (AvgIpc) is 3.67. The molecule has 0 aliphatic heterocycles. The van der Waals surface area contributed by atoms with Crippen molar-refractivity contribution in [3.05, 3.63) is 35.0 Å². The first kappa shape index (κ1) is 38.2. The fourth-order valence-electron chi connectivity index (χ4n) is 12.7. The maximum atomic E-state index is 14.1. The number of aliphatic carboxylic acids is 1. The van der Waals surface area contributed by atoms with Crippen LogP contribution in [0.2, 0.25) is 0 Å². The minimum absolute atomic E-state index is 0.0259. The molecule has 7 rings (SSSR count). The zero-order valence-corrected chi connectivity index (χ0v) is 33.5. The molecule has 8 atom stereocenters. The Hall–Kier alpha value is -4.07. The van der Waals surface area contributed by atoms with Crippen LogP contribution in [-0.2, 0) is 19.1 Å². The molecule has 0 unspecified atom stereocenters. The molecule has 2 heterocycles. The fourth-order valence-corrected chi connectivity index (χ4v) is 12.7. The smallest absolute Gasteiger partial charge is 0.316 e. The van der Waals surface area contributed by atoms with Gasteiger partial charge in [0.25, 0.3) is 5.89 Å². The second kappa shape index (κ2) is 12.7. The molecule has 4 fully saturated rings. The largest absolute Gasteiger partial charge is 0.481 e. The standard InChI is InChI=1S/C43H57N5O6/c1-24(2)33-28(49)20-43(46-37-48-47-35(54-37)27-12-10-25(22-44)23-45-27)19-18-41(8)26(34(33)43)11-13-30-40(7)16-15-31(53-32(50)21-38(3,4)36(51)52)39(5,6)29(40)14-17-42(30,41)9/h10,12,23-24,26,29-31H,11,13-21H2,1-9H3,(H,46,48)(H,51,52)/t26-,29+,30-,31+,40+,41-,42-,43-/m1/s1. The highest BCUT2D eigenvalue weighted by molar-refractivity contribution is 6.02. The Morgan fingerprint density at radius 2 is 1.76 bits per heavy atom. The number of fused-ring (bicyclic) bond motifs is 7. The molecule has 0 bridgehead atoms. The summed E-state index contributed by atoms with van der Waals surface area (Å²) in [5.74, 6) is 0.142. The van der Waals surface area contributed by atoms with Crippen molar-refractivity contribution < 1.29 is 28.6 Å². The summed E-state index contributed by atoms with van der Waals surface area (Å²) >= 11 is 0. The lowest BCUT2D eigenvalue weighted by Crippen LogP contribution is -2.66. The maximum Gasteiger partial charge on any atom is 0.316 e. The van der Waals surface area contributed by atoms with Crippen molar-refractivity contribution >= 4 is 23.7 Å². The number of carboxylic acids is 1. The van der Waals surface area contributed by atoms with Gasteiger partial charge in [0.05, 0.1) is 22.9 Å². The zero-order chi connectivity index (χ0) is 39.2. The first-order valence-corrected chi connectivity index (χ1v) is 19.9. The normalized spacial score (nSPS) is 35.7. The molecule has 0 spiro atoms. The van der Waals surface area contributed by atoms with E-state index in [1.165, 1.54) is 11.8 Å². The third-order valence-electron chi connectivity index (χ3n) is 15.7. The second-order valence-corrected chi connectivity index (χ2v) is 19.6. The van der Waals surface area contributed by atoms with Crippen LogP contribution in [0.15, 0.2) is 33.9 Å². The number of nitriles is 1. The number of hydrogen-bond acceptors (Lipinski definition) is 10. The van der Waals surface area contributed by atoms with Crippen LogP contribution < -0.4 is 5.32 Å². The molecule has 290 valence electrons. The highest BCUT2D eigenvalue weighted by atomic mass is 16.5. The van der Waals surface area contributed by atoms with E-state index in [2.05, 4.69) is 75.0 Å². The van der Waals surface area contributed by atoms with E-state index in [9.17, 15) is 24.8 Å². The first-order valence-electron chi connectivity index (χ1n) is 19.9. The number of anilines is 1. The van der Waals surface area contributed by atoms with Crippen molar-refractivity contribution in [3.8, 4) is 17.7 Å². The quantitative estimate of drug-likeness (QED) is 0.249. The highest BCUT2D eigenvalue weighted by Gasteiger charge is 2.70. The van der Waals surface area contributed by atoms with Crippen LogP contribution in [-0.4, -0.2) is 49.7 Å². The number of pyridine rings is 1. The molecule has 2 N–H and O–H groups in total. The summed E-state index contributed by atoms with van der Waals surface area (Å²) in [6.45, 7) is 19.5. The molecule has 2 aromatic heterocycles. The van der Waals surface area contributed by atoms with Gasteiger partial charge in [-0.1, -0.05) is 53.6 Å². The summed E-state index contributed by atoms with van der Waals surface area (Å²) in [6, 6.07) is 5.71. The third kappa shape index (κ3) is 5.63. The Morgan fingerprint density at radius 1 is 1.02 bits per heavy atom. The van der Waals surface area contributed by atoms with Crippen molar-refractivity contribution in [2.75, 3.05) is 5.32 Å². The van der Waals surface area contributed by atoms with Gasteiger partial charge in [-0.3, -0.25) is 14.4 Å². The van der Waals surface area contributed by atoms with Crippen LogP contribution in [0.4, 0.5) is 6.01 Å². The number of rotatable bonds is 8. The van der Waals surface area contributed by atoms with Crippen molar-refractivity contribution in [2.24, 2.45) is 50.7 Å². The first-order chi connectivity index (χ1) is 25.2. The minimum Gasteiger partial charge on any atom is -0.481 e. The van der Waals surface area contributed by atoms with Gasteiger partial charge in [0.15, 0.2) is 5.78 Å². The number of esters is 1. The van der Waals surface area contributed by atoms with Crippen LogP contribution in [0.1, 0.15) is 132 Å². The van der Waals surface area contributed by atoms with E-state index < -0.39 is 22.9 Å². The molecular formula is C43H57N5O6. The molecule has 4 saturated carbocycles. The SMILES string of the molecule is CC(C)C1=C2[C@H]3CC[C@@H]4[C@@]5(C)CC[C@H](OC(=O)CC(C)(C)C(=O)O)C(C)(C)[C@@H]5CC[C@@]4(C)[C@]3(C)CC[C@@]2(Nc2nnc(-c3ccc(C#N)cn3)o2)CC1=O. The number of Topliss-reactive ketones (excluding diaryl/α,β-unsaturated/α-hetero) is 1.